The second-order valence-corrected chi connectivity index (χ2v) is 5.92. The molecule has 1 unspecified atom stereocenters. The Morgan fingerprint density at radius 1 is 1.17 bits per heavy atom. The highest BCUT2D eigenvalue weighted by Gasteiger charge is 2.56. The monoisotopic (exact) mass is 247 g/mol. The summed E-state index contributed by atoms with van der Waals surface area (Å²) < 4.78 is 4.27. The van der Waals surface area contributed by atoms with Gasteiger partial charge in [0, 0.05) is 0 Å². The van der Waals surface area contributed by atoms with Crippen LogP contribution in [0.15, 0.2) is 0 Å². The van der Waals surface area contributed by atoms with Crippen LogP contribution in [0.2, 0.25) is 13.6 Å². The fourth-order valence-electron chi connectivity index (χ4n) is 3.34. The number of tetrazole rings is 1. The first-order valence-corrected chi connectivity index (χ1v) is 6.38. The molecule has 1 saturated heterocycles. The van der Waals surface area contributed by atoms with E-state index in [1.54, 1.807) is 0 Å². The minimum atomic E-state index is -0.128. The number of hydrogen-bond donors (Lipinski definition) is 0. The quantitative estimate of drug-likeness (QED) is 0.585. The number of anilines is 1. The summed E-state index contributed by atoms with van der Waals surface area (Å²) in [5.41, 5.74) is -0.128. The zero-order valence-electron chi connectivity index (χ0n) is 11.9. The summed E-state index contributed by atoms with van der Waals surface area (Å²) in [5, 5.41) is 12.2. The lowest BCUT2D eigenvalue weighted by molar-refractivity contribution is 0.189. The lowest BCUT2D eigenvalue weighted by atomic mass is 9.57. The van der Waals surface area contributed by atoms with Crippen LogP contribution in [0.1, 0.15) is 13.8 Å². The molecule has 0 saturated carbocycles. The van der Waals surface area contributed by atoms with Crippen molar-refractivity contribution in [1.82, 2.24) is 29.7 Å². The van der Waals surface area contributed by atoms with Crippen molar-refractivity contribution >= 4 is 19.9 Å². The fourth-order valence-corrected chi connectivity index (χ4v) is 3.34. The SMILES string of the molecule is CB1N(C)B(C)N2c3nnnn3C(C)(C)C2N1C. The third-order valence-electron chi connectivity index (χ3n) is 4.68. The van der Waals surface area contributed by atoms with Crippen molar-refractivity contribution < 1.29 is 0 Å². The van der Waals surface area contributed by atoms with Crippen molar-refractivity contribution in [3.8, 4) is 0 Å². The summed E-state index contributed by atoms with van der Waals surface area (Å²) in [6.45, 7) is 9.50. The molecule has 0 aliphatic carbocycles. The number of nitrogens with zero attached hydrogens (tertiary/aromatic N) is 7. The van der Waals surface area contributed by atoms with E-state index >= 15 is 0 Å². The van der Waals surface area contributed by atoms with Crippen LogP contribution < -0.4 is 4.81 Å². The average molecular weight is 247 g/mol. The zero-order valence-corrected chi connectivity index (χ0v) is 11.9. The maximum absolute atomic E-state index is 4.20. The summed E-state index contributed by atoms with van der Waals surface area (Å²) in [6, 6.07) is 0. The summed E-state index contributed by atoms with van der Waals surface area (Å²) in [6.07, 6.45) is 0.261. The van der Waals surface area contributed by atoms with Gasteiger partial charge in [0.1, 0.15) is 0 Å². The molecule has 9 heteroatoms. The van der Waals surface area contributed by atoms with E-state index in [2.05, 4.69) is 71.5 Å². The molecule has 0 N–H and O–H groups in total. The molecule has 0 amide bonds. The van der Waals surface area contributed by atoms with E-state index in [9.17, 15) is 0 Å². The Hall–Kier alpha value is -1.08. The van der Waals surface area contributed by atoms with Crippen LogP contribution in [0.3, 0.4) is 0 Å². The van der Waals surface area contributed by atoms with E-state index in [1.807, 2.05) is 4.68 Å². The number of rotatable bonds is 0. The molecular weight excluding hydrogens is 228 g/mol. The Morgan fingerprint density at radius 3 is 2.50 bits per heavy atom. The van der Waals surface area contributed by atoms with Gasteiger partial charge in [-0.2, -0.15) is 0 Å². The van der Waals surface area contributed by atoms with Crippen molar-refractivity contribution in [1.29, 1.82) is 0 Å². The lowest BCUT2D eigenvalue weighted by Gasteiger charge is -2.51. The topological polar surface area (TPSA) is 53.3 Å². The minimum absolute atomic E-state index is 0.128. The largest absolute Gasteiger partial charge is 0.353 e. The van der Waals surface area contributed by atoms with E-state index in [1.165, 1.54) is 0 Å². The highest BCUT2D eigenvalue weighted by molar-refractivity contribution is 6.73. The summed E-state index contributed by atoms with van der Waals surface area (Å²) >= 11 is 0. The van der Waals surface area contributed by atoms with Crippen LogP contribution in [0, 0.1) is 0 Å². The van der Waals surface area contributed by atoms with Gasteiger partial charge in [-0.1, -0.05) is 18.7 Å². The van der Waals surface area contributed by atoms with Gasteiger partial charge < -0.3 is 14.3 Å². The second kappa shape index (κ2) is 3.48. The van der Waals surface area contributed by atoms with Gasteiger partial charge in [-0.25, -0.2) is 4.68 Å². The molecule has 0 radical (unpaired) electrons. The molecule has 7 nitrogen and oxygen atoms in total. The number of likely N-dealkylation sites (N-methyl/N-ethyl adjacent to an activating group) is 1. The smallest absolute Gasteiger partial charge is 0.333 e. The second-order valence-electron chi connectivity index (χ2n) is 5.92. The van der Waals surface area contributed by atoms with Gasteiger partial charge >= 0.3 is 6.98 Å². The molecule has 18 heavy (non-hydrogen) atoms. The van der Waals surface area contributed by atoms with Gasteiger partial charge in [0.05, 0.1) is 11.7 Å². The number of hydrogen-bond acceptors (Lipinski definition) is 6. The van der Waals surface area contributed by atoms with E-state index in [0.717, 1.165) is 5.95 Å². The molecule has 1 atom stereocenters. The molecule has 0 bridgehead atoms. The predicted molar refractivity (Wildman–Crippen MR) is 72.2 cm³/mol. The summed E-state index contributed by atoms with van der Waals surface area (Å²) in [7, 11) is 4.30. The van der Waals surface area contributed by atoms with E-state index in [0.29, 0.717) is 6.98 Å². The Balaban J connectivity index is 2.13. The van der Waals surface area contributed by atoms with Crippen molar-refractivity contribution in [2.24, 2.45) is 0 Å². The predicted octanol–water partition coefficient (Wildman–Crippen LogP) is -0.332. The average Bonchev–Trinajstić information content (AvgIpc) is 2.86. The van der Waals surface area contributed by atoms with E-state index < -0.39 is 0 Å². The molecule has 2 aliphatic rings. The Kier molecular flexibility index (Phi) is 2.31. The van der Waals surface area contributed by atoms with Gasteiger partial charge in [0.15, 0.2) is 0 Å². The summed E-state index contributed by atoms with van der Waals surface area (Å²) in [5.74, 6) is 0.864. The molecule has 1 fully saturated rings. The van der Waals surface area contributed by atoms with E-state index in [-0.39, 0.29) is 18.7 Å². The Labute approximate surface area is 108 Å². The number of aromatic nitrogens is 4. The highest BCUT2D eigenvalue weighted by Crippen LogP contribution is 2.41. The van der Waals surface area contributed by atoms with Gasteiger partial charge in [-0.05, 0) is 38.4 Å². The maximum atomic E-state index is 4.20. The first-order chi connectivity index (χ1) is 8.37. The Morgan fingerprint density at radius 2 is 1.83 bits per heavy atom. The van der Waals surface area contributed by atoms with Crippen molar-refractivity contribution in [3.63, 3.8) is 0 Å². The highest BCUT2D eigenvalue weighted by atomic mass is 15.7. The Bertz CT molecular complexity index is 475. The molecule has 96 valence electrons. The molecule has 3 rings (SSSR count). The van der Waals surface area contributed by atoms with E-state index in [4.69, 9.17) is 0 Å². The minimum Gasteiger partial charge on any atom is -0.353 e. The molecular formula is C9H19B2N7. The van der Waals surface area contributed by atoms with Gasteiger partial charge in [0.2, 0.25) is 5.95 Å². The van der Waals surface area contributed by atoms with Crippen molar-refractivity contribution in [2.75, 3.05) is 18.9 Å². The molecule has 1 aromatic rings. The normalized spacial score (nSPS) is 27.7. The molecule has 0 spiro atoms. The third kappa shape index (κ3) is 1.21. The van der Waals surface area contributed by atoms with Crippen LogP contribution in [0.4, 0.5) is 5.95 Å². The fraction of sp³-hybridized carbons (Fsp3) is 0.889. The van der Waals surface area contributed by atoms with Crippen molar-refractivity contribution in [2.45, 2.75) is 39.2 Å². The first kappa shape index (κ1) is 12.0. The number of fused-ring (bicyclic) bond motifs is 3. The molecule has 1 aromatic heterocycles. The van der Waals surface area contributed by atoms with Crippen LogP contribution >= 0.6 is 0 Å². The first-order valence-electron chi connectivity index (χ1n) is 6.38. The van der Waals surface area contributed by atoms with Gasteiger partial charge in [-0.15, -0.1) is 0 Å². The van der Waals surface area contributed by atoms with Crippen LogP contribution in [-0.2, 0) is 5.54 Å². The van der Waals surface area contributed by atoms with Gasteiger partial charge in [-0.3, -0.25) is 0 Å². The van der Waals surface area contributed by atoms with Crippen LogP contribution in [0.5, 0.6) is 0 Å². The van der Waals surface area contributed by atoms with Crippen LogP contribution in [-0.4, -0.2) is 64.0 Å². The zero-order chi connectivity index (χ0) is 13.2. The van der Waals surface area contributed by atoms with Gasteiger partial charge in [0.25, 0.3) is 6.98 Å². The van der Waals surface area contributed by atoms with Crippen LogP contribution in [0.25, 0.3) is 0 Å². The lowest BCUT2D eigenvalue weighted by Crippen LogP contribution is -2.74. The maximum Gasteiger partial charge on any atom is 0.333 e. The molecule has 3 heterocycles. The summed E-state index contributed by atoms with van der Waals surface area (Å²) in [4.78, 5) is 4.68. The molecule has 2 aliphatic heterocycles. The van der Waals surface area contributed by atoms with Crippen molar-refractivity contribution in [3.05, 3.63) is 0 Å². The molecule has 0 aromatic carbocycles. The standard InChI is InChI=1S/C9H19B2N7/c1-9(2)7-15(5)10(3)16(6)11(4)17(7)8-12-13-14-18(8)9/h7H,1-6H3. The third-order valence-corrected chi connectivity index (χ3v) is 4.68.